The Kier molecular flexibility index (Phi) is 3.47. The van der Waals surface area contributed by atoms with Crippen LogP contribution in [0.1, 0.15) is 37.7 Å². The Bertz CT molecular complexity index is 899. The first-order valence-corrected chi connectivity index (χ1v) is 10.3. The zero-order chi connectivity index (χ0) is 19.8. The van der Waals surface area contributed by atoms with Gasteiger partial charge in [-0.2, -0.15) is 0 Å². The zero-order valence-electron chi connectivity index (χ0n) is 16.4. The predicted molar refractivity (Wildman–Crippen MR) is 100 cm³/mol. The lowest BCUT2D eigenvalue weighted by molar-refractivity contribution is -0.135. The summed E-state index contributed by atoms with van der Waals surface area (Å²) < 4.78 is 23.0. The molecule has 8 nitrogen and oxygen atoms in total. The molecule has 6 rings (SSSR count). The topological polar surface area (TPSA) is 86.3 Å². The Morgan fingerprint density at radius 1 is 1.17 bits per heavy atom. The molecule has 29 heavy (non-hydrogen) atoms. The van der Waals surface area contributed by atoms with Crippen molar-refractivity contribution in [2.45, 2.75) is 55.2 Å². The van der Waals surface area contributed by atoms with E-state index in [0.29, 0.717) is 38.2 Å². The number of nitrogens with zero attached hydrogens (tertiary/aromatic N) is 1. The van der Waals surface area contributed by atoms with Crippen molar-refractivity contribution in [1.82, 2.24) is 10.2 Å². The van der Waals surface area contributed by atoms with Gasteiger partial charge in [0.2, 0.25) is 0 Å². The van der Waals surface area contributed by atoms with Gasteiger partial charge in [-0.3, -0.25) is 9.69 Å². The smallest absolute Gasteiger partial charge is 0.325 e. The van der Waals surface area contributed by atoms with Crippen molar-refractivity contribution >= 4 is 11.9 Å². The predicted octanol–water partition coefficient (Wildman–Crippen LogP) is 1.74. The van der Waals surface area contributed by atoms with Crippen LogP contribution in [0.15, 0.2) is 12.1 Å². The first-order valence-electron chi connectivity index (χ1n) is 10.3. The summed E-state index contributed by atoms with van der Waals surface area (Å²) >= 11 is 0. The molecule has 3 amide bonds. The van der Waals surface area contributed by atoms with Crippen LogP contribution in [-0.2, 0) is 14.9 Å². The van der Waals surface area contributed by atoms with Crippen molar-refractivity contribution in [3.63, 3.8) is 0 Å². The highest BCUT2D eigenvalue weighted by Gasteiger charge is 2.57. The van der Waals surface area contributed by atoms with Gasteiger partial charge in [-0.15, -0.1) is 0 Å². The van der Waals surface area contributed by atoms with E-state index in [0.717, 1.165) is 29.9 Å². The summed E-state index contributed by atoms with van der Waals surface area (Å²) in [6.07, 6.45) is 4.00. The van der Waals surface area contributed by atoms with Crippen molar-refractivity contribution in [2.24, 2.45) is 0 Å². The molecule has 0 aromatic heterocycles. The van der Waals surface area contributed by atoms with Crippen molar-refractivity contribution in [3.05, 3.63) is 17.7 Å². The Labute approximate surface area is 168 Å². The van der Waals surface area contributed by atoms with E-state index in [9.17, 15) is 9.59 Å². The maximum atomic E-state index is 12.9. The Balaban J connectivity index is 1.18. The van der Waals surface area contributed by atoms with Crippen LogP contribution in [0.2, 0.25) is 0 Å². The standard InChI is InChI=1S/C21H24N2O6/c1-26-13-8-15-17(20(2-3-20)10-28-15)16(9-13)29-14-6-12(7-14)23-18(24)21(22-19(23)25)4-5-27-11-21/h8-9,12,14H,2-7,10-11H2,1H3,(H,22,25)/t12?,14?,21-/m0/s1. The summed E-state index contributed by atoms with van der Waals surface area (Å²) in [6.45, 7) is 1.46. The van der Waals surface area contributed by atoms with Gasteiger partial charge in [0.25, 0.3) is 5.91 Å². The van der Waals surface area contributed by atoms with Gasteiger partial charge in [-0.1, -0.05) is 0 Å². The summed E-state index contributed by atoms with van der Waals surface area (Å²) in [7, 11) is 1.63. The molecule has 2 aliphatic carbocycles. The number of ether oxygens (including phenoxy) is 4. The fourth-order valence-corrected chi connectivity index (χ4v) is 5.08. The highest BCUT2D eigenvalue weighted by Crippen LogP contribution is 2.59. The van der Waals surface area contributed by atoms with Crippen molar-refractivity contribution in [2.75, 3.05) is 26.9 Å². The summed E-state index contributed by atoms with van der Waals surface area (Å²) in [5.41, 5.74) is 0.394. The van der Waals surface area contributed by atoms with Gasteiger partial charge in [0.1, 0.15) is 28.9 Å². The van der Waals surface area contributed by atoms with E-state index in [-0.39, 0.29) is 36.1 Å². The van der Waals surface area contributed by atoms with Gasteiger partial charge in [0.05, 0.1) is 20.3 Å². The lowest BCUT2D eigenvalue weighted by Crippen LogP contribution is -2.53. The van der Waals surface area contributed by atoms with Crippen LogP contribution in [0.3, 0.4) is 0 Å². The first-order chi connectivity index (χ1) is 14.0. The van der Waals surface area contributed by atoms with Crippen LogP contribution in [0, 0.1) is 0 Å². The molecule has 2 spiro atoms. The van der Waals surface area contributed by atoms with Gasteiger partial charge < -0.3 is 24.3 Å². The van der Waals surface area contributed by atoms with Gasteiger partial charge in [0.15, 0.2) is 0 Å². The van der Waals surface area contributed by atoms with Crippen LogP contribution in [0.4, 0.5) is 4.79 Å². The highest BCUT2D eigenvalue weighted by atomic mass is 16.5. The number of hydrogen-bond acceptors (Lipinski definition) is 6. The average Bonchev–Trinajstić information content (AvgIpc) is 3.02. The van der Waals surface area contributed by atoms with Crippen LogP contribution < -0.4 is 19.5 Å². The summed E-state index contributed by atoms with van der Waals surface area (Å²) in [4.78, 5) is 26.7. The Hall–Kier alpha value is -2.48. The third-order valence-corrected chi connectivity index (χ3v) is 7.11. The van der Waals surface area contributed by atoms with E-state index in [1.54, 1.807) is 7.11 Å². The van der Waals surface area contributed by atoms with E-state index in [4.69, 9.17) is 18.9 Å². The molecule has 0 unspecified atom stereocenters. The minimum absolute atomic E-state index is 0.0374. The quantitative estimate of drug-likeness (QED) is 0.775. The largest absolute Gasteiger partial charge is 0.496 e. The zero-order valence-corrected chi connectivity index (χ0v) is 16.4. The van der Waals surface area contributed by atoms with Gasteiger partial charge in [-0.05, 0) is 12.8 Å². The SMILES string of the molecule is COc1cc2c(c(OC3CC(N4C(=O)N[C@]5(CCOC5)C4=O)C3)c1)C1(CC1)CO2. The third kappa shape index (κ3) is 2.41. The molecular formula is C21H24N2O6. The second-order valence-electron chi connectivity index (χ2n) is 8.92. The van der Waals surface area contributed by atoms with E-state index in [2.05, 4.69) is 5.32 Å². The molecular weight excluding hydrogens is 376 g/mol. The lowest BCUT2D eigenvalue weighted by Gasteiger charge is -2.40. The second-order valence-corrected chi connectivity index (χ2v) is 8.92. The molecule has 154 valence electrons. The molecule has 8 heteroatoms. The number of methoxy groups -OCH3 is 1. The van der Waals surface area contributed by atoms with Crippen LogP contribution in [-0.4, -0.2) is 61.5 Å². The van der Waals surface area contributed by atoms with E-state index in [1.165, 1.54) is 4.90 Å². The van der Waals surface area contributed by atoms with Gasteiger partial charge in [-0.25, -0.2) is 4.79 Å². The maximum absolute atomic E-state index is 12.9. The van der Waals surface area contributed by atoms with Gasteiger partial charge >= 0.3 is 6.03 Å². The summed E-state index contributed by atoms with van der Waals surface area (Å²) in [5.74, 6) is 2.22. The molecule has 3 aliphatic heterocycles. The van der Waals surface area contributed by atoms with E-state index < -0.39 is 5.54 Å². The van der Waals surface area contributed by atoms with Crippen LogP contribution in [0.25, 0.3) is 0 Å². The molecule has 0 radical (unpaired) electrons. The van der Waals surface area contributed by atoms with Crippen LogP contribution >= 0.6 is 0 Å². The van der Waals surface area contributed by atoms with Crippen molar-refractivity contribution in [3.8, 4) is 17.2 Å². The molecule has 1 aromatic rings. The number of benzene rings is 1. The number of carbonyl (C=O) groups excluding carboxylic acids is 2. The molecule has 3 heterocycles. The number of nitrogens with one attached hydrogen (secondary N) is 1. The molecule has 2 saturated carbocycles. The summed E-state index contributed by atoms with van der Waals surface area (Å²) in [5, 5.41) is 2.85. The highest BCUT2D eigenvalue weighted by molar-refractivity contribution is 6.07. The monoisotopic (exact) mass is 400 g/mol. The third-order valence-electron chi connectivity index (χ3n) is 7.11. The number of hydrogen-bond donors (Lipinski definition) is 1. The molecule has 5 aliphatic rings. The molecule has 2 saturated heterocycles. The molecule has 0 bridgehead atoms. The Morgan fingerprint density at radius 2 is 2.00 bits per heavy atom. The first kappa shape index (κ1) is 17.4. The van der Waals surface area contributed by atoms with Crippen LogP contribution in [0.5, 0.6) is 17.2 Å². The number of amides is 3. The van der Waals surface area contributed by atoms with Crippen molar-refractivity contribution < 1.29 is 28.5 Å². The number of urea groups is 1. The Morgan fingerprint density at radius 3 is 2.69 bits per heavy atom. The number of rotatable bonds is 4. The normalized spacial score (nSPS) is 33.5. The molecule has 1 aromatic carbocycles. The number of fused-ring (bicyclic) bond motifs is 2. The number of imide groups is 1. The van der Waals surface area contributed by atoms with E-state index in [1.807, 2.05) is 12.1 Å². The summed E-state index contributed by atoms with van der Waals surface area (Å²) in [6, 6.07) is 3.42. The maximum Gasteiger partial charge on any atom is 0.325 e. The average molecular weight is 400 g/mol. The fourth-order valence-electron chi connectivity index (χ4n) is 5.08. The fraction of sp³-hybridized carbons (Fsp3) is 0.619. The lowest BCUT2D eigenvalue weighted by atomic mass is 9.86. The molecule has 1 N–H and O–H groups in total. The number of carbonyl (C=O) groups is 2. The molecule has 4 fully saturated rings. The van der Waals surface area contributed by atoms with Crippen molar-refractivity contribution in [1.29, 1.82) is 0 Å². The minimum Gasteiger partial charge on any atom is -0.496 e. The van der Waals surface area contributed by atoms with E-state index >= 15 is 0 Å². The molecule has 1 atom stereocenters. The minimum atomic E-state index is -0.855. The van der Waals surface area contributed by atoms with Gasteiger partial charge in [0, 0.05) is 55.0 Å². The second kappa shape index (κ2) is 5.78.